The molecule has 0 aliphatic rings. The number of thioether (sulfide) groups is 1. The number of halogens is 1. The molecular formula is C9H16BrN5S. The van der Waals surface area contributed by atoms with Crippen LogP contribution in [0.1, 0.15) is 6.92 Å². The first kappa shape index (κ1) is 13.5. The van der Waals surface area contributed by atoms with Crippen molar-refractivity contribution in [2.75, 3.05) is 29.3 Å². The van der Waals surface area contributed by atoms with E-state index in [-0.39, 0.29) is 0 Å². The Balaban J connectivity index is 2.58. The van der Waals surface area contributed by atoms with E-state index in [4.69, 9.17) is 5.84 Å². The zero-order chi connectivity index (χ0) is 12.0. The lowest BCUT2D eigenvalue weighted by Crippen LogP contribution is -2.16. The van der Waals surface area contributed by atoms with Crippen LogP contribution >= 0.6 is 27.7 Å². The van der Waals surface area contributed by atoms with E-state index >= 15 is 0 Å². The molecular weight excluding hydrogens is 290 g/mol. The van der Waals surface area contributed by atoms with E-state index < -0.39 is 0 Å². The van der Waals surface area contributed by atoms with Crippen LogP contribution in [-0.2, 0) is 0 Å². The highest BCUT2D eigenvalue weighted by Crippen LogP contribution is 2.20. The number of hydrogen-bond donors (Lipinski definition) is 3. The van der Waals surface area contributed by atoms with E-state index in [1.165, 1.54) is 0 Å². The molecule has 0 radical (unpaired) electrons. The molecule has 1 aromatic heterocycles. The van der Waals surface area contributed by atoms with E-state index in [0.717, 1.165) is 22.6 Å². The highest BCUT2D eigenvalue weighted by atomic mass is 79.9. The van der Waals surface area contributed by atoms with Crippen LogP contribution in [0.15, 0.2) is 10.7 Å². The third kappa shape index (κ3) is 4.15. The molecule has 1 unspecified atom stereocenters. The summed E-state index contributed by atoms with van der Waals surface area (Å²) in [6.45, 7) is 3.07. The van der Waals surface area contributed by atoms with Crippen molar-refractivity contribution in [2.24, 2.45) is 11.8 Å². The van der Waals surface area contributed by atoms with Gasteiger partial charge in [0.05, 0.1) is 4.47 Å². The summed E-state index contributed by atoms with van der Waals surface area (Å²) in [7, 11) is 0. The molecule has 5 nitrogen and oxygen atoms in total. The lowest BCUT2D eigenvalue weighted by atomic mass is 10.2. The van der Waals surface area contributed by atoms with Crippen molar-refractivity contribution in [3.05, 3.63) is 10.7 Å². The highest BCUT2D eigenvalue weighted by Gasteiger charge is 2.06. The summed E-state index contributed by atoms with van der Waals surface area (Å²) in [6, 6.07) is 0. The maximum atomic E-state index is 5.25. The summed E-state index contributed by atoms with van der Waals surface area (Å²) in [5.74, 6) is 8.13. The topological polar surface area (TPSA) is 75.9 Å². The minimum Gasteiger partial charge on any atom is -0.369 e. The molecule has 0 fully saturated rings. The first-order chi connectivity index (χ1) is 7.67. The normalized spacial score (nSPS) is 12.2. The zero-order valence-corrected chi connectivity index (χ0v) is 11.7. The van der Waals surface area contributed by atoms with Gasteiger partial charge in [0.15, 0.2) is 0 Å². The molecule has 0 aromatic carbocycles. The third-order valence-electron chi connectivity index (χ3n) is 1.94. The maximum absolute atomic E-state index is 5.25. The van der Waals surface area contributed by atoms with Gasteiger partial charge in [-0.05, 0) is 33.9 Å². The van der Waals surface area contributed by atoms with Gasteiger partial charge in [-0.15, -0.1) is 0 Å². The molecule has 1 rings (SSSR count). The number of hydrazine groups is 1. The predicted molar refractivity (Wildman–Crippen MR) is 73.6 cm³/mol. The van der Waals surface area contributed by atoms with Gasteiger partial charge in [-0.3, -0.25) is 5.43 Å². The quantitative estimate of drug-likeness (QED) is 0.551. The fourth-order valence-electron chi connectivity index (χ4n) is 1.17. The maximum Gasteiger partial charge on any atom is 0.239 e. The first-order valence-corrected chi connectivity index (χ1v) is 7.08. The highest BCUT2D eigenvalue weighted by molar-refractivity contribution is 9.10. The Morgan fingerprint density at radius 3 is 3.00 bits per heavy atom. The summed E-state index contributed by atoms with van der Waals surface area (Å²) in [5.41, 5.74) is 2.42. The molecule has 90 valence electrons. The van der Waals surface area contributed by atoms with Crippen molar-refractivity contribution < 1.29 is 0 Å². The number of nitrogens with one attached hydrogen (secondary N) is 2. The monoisotopic (exact) mass is 305 g/mol. The van der Waals surface area contributed by atoms with Crippen molar-refractivity contribution in [3.63, 3.8) is 0 Å². The molecule has 7 heteroatoms. The number of nitrogens with two attached hydrogens (primary N) is 1. The molecule has 1 atom stereocenters. The number of hydrogen-bond acceptors (Lipinski definition) is 6. The Labute approximate surface area is 108 Å². The molecule has 0 saturated carbocycles. The van der Waals surface area contributed by atoms with Gasteiger partial charge in [0.2, 0.25) is 5.95 Å². The lowest BCUT2D eigenvalue weighted by Gasteiger charge is -2.13. The number of nitrogens with zero attached hydrogens (tertiary/aromatic N) is 2. The summed E-state index contributed by atoms with van der Waals surface area (Å²) in [5, 5.41) is 3.27. The number of rotatable bonds is 6. The van der Waals surface area contributed by atoms with E-state index in [9.17, 15) is 0 Å². The molecule has 0 aliphatic carbocycles. The fourth-order valence-corrected chi connectivity index (χ4v) is 2.19. The second-order valence-electron chi connectivity index (χ2n) is 3.48. The van der Waals surface area contributed by atoms with Crippen LogP contribution in [0.3, 0.4) is 0 Å². The summed E-state index contributed by atoms with van der Waals surface area (Å²) in [6.07, 6.45) is 3.78. The van der Waals surface area contributed by atoms with Crippen molar-refractivity contribution in [1.82, 2.24) is 9.97 Å². The molecule has 1 aromatic rings. The molecule has 16 heavy (non-hydrogen) atoms. The summed E-state index contributed by atoms with van der Waals surface area (Å²) in [4.78, 5) is 8.19. The molecule has 4 N–H and O–H groups in total. The molecule has 0 amide bonds. The van der Waals surface area contributed by atoms with Crippen molar-refractivity contribution in [3.8, 4) is 0 Å². The minimum atomic E-state index is 0.406. The van der Waals surface area contributed by atoms with Crippen LogP contribution in [0.25, 0.3) is 0 Å². The Kier molecular flexibility index (Phi) is 5.86. The Bertz CT molecular complexity index is 336. The third-order valence-corrected chi connectivity index (χ3v) is 3.43. The van der Waals surface area contributed by atoms with Gasteiger partial charge >= 0.3 is 0 Å². The number of nitrogen functional groups attached to an aromatic ring is 1. The van der Waals surface area contributed by atoms with Crippen LogP contribution in [0.2, 0.25) is 0 Å². The van der Waals surface area contributed by atoms with Gasteiger partial charge in [-0.1, -0.05) is 6.92 Å². The van der Waals surface area contributed by atoms with Gasteiger partial charge in [-0.2, -0.15) is 16.7 Å². The first-order valence-electron chi connectivity index (χ1n) is 4.89. The van der Waals surface area contributed by atoms with Gasteiger partial charge in [0.1, 0.15) is 5.82 Å². The average Bonchev–Trinajstić information content (AvgIpc) is 2.28. The second kappa shape index (κ2) is 6.93. The van der Waals surface area contributed by atoms with Crippen molar-refractivity contribution in [1.29, 1.82) is 0 Å². The number of anilines is 2. The largest absolute Gasteiger partial charge is 0.369 e. The van der Waals surface area contributed by atoms with Crippen molar-refractivity contribution in [2.45, 2.75) is 6.92 Å². The van der Waals surface area contributed by atoms with Gasteiger partial charge in [0.25, 0.3) is 0 Å². The minimum absolute atomic E-state index is 0.406. The van der Waals surface area contributed by atoms with Crippen LogP contribution in [-0.4, -0.2) is 28.5 Å². The van der Waals surface area contributed by atoms with E-state index in [2.05, 4.69) is 49.8 Å². The predicted octanol–water partition coefficient (Wildman–Crippen LogP) is 1.94. The number of aromatic nitrogens is 2. The fraction of sp³-hybridized carbons (Fsp3) is 0.556. The molecule has 1 heterocycles. The molecule has 0 bridgehead atoms. The van der Waals surface area contributed by atoms with E-state index in [1.54, 1.807) is 6.20 Å². The Morgan fingerprint density at radius 1 is 1.62 bits per heavy atom. The average molecular weight is 306 g/mol. The summed E-state index contributed by atoms with van der Waals surface area (Å²) >= 11 is 5.23. The van der Waals surface area contributed by atoms with Crippen LogP contribution in [0, 0.1) is 5.92 Å². The molecule has 0 aliphatic heterocycles. The van der Waals surface area contributed by atoms with E-state index in [1.807, 2.05) is 11.8 Å². The summed E-state index contributed by atoms with van der Waals surface area (Å²) < 4.78 is 0.836. The Hall–Kier alpha value is -0.530. The second-order valence-corrected chi connectivity index (χ2v) is 5.24. The van der Waals surface area contributed by atoms with Gasteiger partial charge in [-0.25, -0.2) is 10.8 Å². The van der Waals surface area contributed by atoms with Crippen LogP contribution < -0.4 is 16.6 Å². The SMILES string of the molecule is CSCC(C)CNc1nc(NN)ncc1Br. The Morgan fingerprint density at radius 2 is 2.38 bits per heavy atom. The standard InChI is InChI=1S/C9H16BrN5S/c1-6(5-16-2)3-12-8-7(10)4-13-9(14-8)15-11/h4,6H,3,5,11H2,1-2H3,(H2,12,13,14,15). The smallest absolute Gasteiger partial charge is 0.239 e. The molecule has 0 spiro atoms. The lowest BCUT2D eigenvalue weighted by molar-refractivity contribution is 0.699. The van der Waals surface area contributed by atoms with Crippen molar-refractivity contribution >= 4 is 39.5 Å². The molecule has 0 saturated heterocycles. The van der Waals surface area contributed by atoms with Crippen LogP contribution in [0.4, 0.5) is 11.8 Å². The van der Waals surface area contributed by atoms with Gasteiger partial charge in [0, 0.05) is 12.7 Å². The zero-order valence-electron chi connectivity index (χ0n) is 9.33. The van der Waals surface area contributed by atoms with E-state index in [0.29, 0.717) is 11.9 Å². The van der Waals surface area contributed by atoms with Crippen LogP contribution in [0.5, 0.6) is 0 Å². The van der Waals surface area contributed by atoms with Gasteiger partial charge < -0.3 is 5.32 Å².